The highest BCUT2D eigenvalue weighted by Gasteiger charge is 2.24. The van der Waals surface area contributed by atoms with Crippen LogP contribution in [0.1, 0.15) is 12.5 Å². The third kappa shape index (κ3) is 5.74. The molecule has 1 atom stereocenters. The van der Waals surface area contributed by atoms with E-state index in [1.807, 2.05) is 24.3 Å². The molecule has 0 saturated carbocycles. The Morgan fingerprint density at radius 1 is 1.07 bits per heavy atom. The molecule has 1 aliphatic heterocycles. The van der Waals surface area contributed by atoms with E-state index in [1.165, 1.54) is 0 Å². The number of pyridine rings is 1. The maximum Gasteiger partial charge on any atom is 0.318 e. The molecule has 2 N–H and O–H groups in total. The average molecular weight is 436 g/mol. The zero-order valence-electron chi connectivity index (χ0n) is 16.1. The highest BCUT2D eigenvalue weighted by atomic mass is 35.5. The maximum atomic E-state index is 12.5. The predicted molar refractivity (Wildman–Crippen MR) is 114 cm³/mol. The van der Waals surface area contributed by atoms with Gasteiger partial charge in [0.1, 0.15) is 6.04 Å². The van der Waals surface area contributed by atoms with Gasteiger partial charge in [0.25, 0.3) is 0 Å². The van der Waals surface area contributed by atoms with Gasteiger partial charge in [0.05, 0.1) is 10.0 Å². The lowest BCUT2D eigenvalue weighted by atomic mass is 10.2. The lowest BCUT2D eigenvalue weighted by Gasteiger charge is -2.36. The van der Waals surface area contributed by atoms with Gasteiger partial charge in [0, 0.05) is 50.8 Å². The molecule has 1 aromatic heterocycles. The predicted octanol–water partition coefficient (Wildman–Crippen LogP) is 2.92. The first kappa shape index (κ1) is 21.2. The van der Waals surface area contributed by atoms with Gasteiger partial charge >= 0.3 is 6.03 Å². The summed E-state index contributed by atoms with van der Waals surface area (Å²) in [4.78, 5) is 32.5. The molecule has 0 spiro atoms. The second kappa shape index (κ2) is 9.80. The Morgan fingerprint density at radius 2 is 1.76 bits per heavy atom. The molecule has 7 nitrogen and oxygen atoms in total. The summed E-state index contributed by atoms with van der Waals surface area (Å²) < 4.78 is 0. The molecule has 0 radical (unpaired) electrons. The topological polar surface area (TPSA) is 77.6 Å². The summed E-state index contributed by atoms with van der Waals surface area (Å²) in [6, 6.07) is 8.30. The van der Waals surface area contributed by atoms with Crippen molar-refractivity contribution in [2.45, 2.75) is 19.5 Å². The first-order valence-electron chi connectivity index (χ1n) is 9.36. The molecule has 2 heterocycles. The Morgan fingerprint density at radius 3 is 2.41 bits per heavy atom. The van der Waals surface area contributed by atoms with Gasteiger partial charge in [-0.2, -0.15) is 0 Å². The van der Waals surface area contributed by atoms with Crippen molar-refractivity contribution in [3.63, 3.8) is 0 Å². The van der Waals surface area contributed by atoms with E-state index in [-0.39, 0.29) is 11.9 Å². The van der Waals surface area contributed by atoms with Crippen molar-refractivity contribution >= 4 is 40.8 Å². The average Bonchev–Trinajstić information content (AvgIpc) is 2.74. The van der Waals surface area contributed by atoms with Gasteiger partial charge in [-0.05, 0) is 42.8 Å². The molecule has 0 bridgehead atoms. The molecular formula is C20H23Cl2N5O2. The minimum Gasteiger partial charge on any atom is -0.368 e. The Labute approximate surface area is 180 Å². The van der Waals surface area contributed by atoms with Crippen LogP contribution in [0.2, 0.25) is 10.0 Å². The molecule has 3 rings (SSSR count). The molecule has 29 heavy (non-hydrogen) atoms. The summed E-state index contributed by atoms with van der Waals surface area (Å²) in [6.07, 6.45) is 3.34. The largest absolute Gasteiger partial charge is 0.368 e. The van der Waals surface area contributed by atoms with Crippen molar-refractivity contribution in [2.75, 3.05) is 31.1 Å². The van der Waals surface area contributed by atoms with Gasteiger partial charge in [-0.15, -0.1) is 0 Å². The normalized spacial score (nSPS) is 15.0. The fourth-order valence-corrected chi connectivity index (χ4v) is 3.33. The first-order chi connectivity index (χ1) is 13.9. The minimum atomic E-state index is -0.627. The van der Waals surface area contributed by atoms with Crippen LogP contribution in [0, 0.1) is 0 Å². The van der Waals surface area contributed by atoms with E-state index in [9.17, 15) is 9.59 Å². The standard InChI is InChI=1S/C20H23Cl2N5O2/c1-14(19(28)24-13-15-4-6-23-7-5-15)25-20(29)27-10-8-26(9-11-27)16-2-3-17(21)18(22)12-16/h2-7,12,14H,8-11,13H2,1H3,(H,24,28)(H,25,29)/t14-/m1/s1. The third-order valence-corrected chi connectivity index (χ3v) is 5.52. The van der Waals surface area contributed by atoms with Gasteiger partial charge in [-0.1, -0.05) is 23.2 Å². The first-order valence-corrected chi connectivity index (χ1v) is 10.1. The van der Waals surface area contributed by atoms with E-state index >= 15 is 0 Å². The number of nitrogens with one attached hydrogen (secondary N) is 2. The Balaban J connectivity index is 1.45. The van der Waals surface area contributed by atoms with Crippen LogP contribution in [0.15, 0.2) is 42.7 Å². The van der Waals surface area contributed by atoms with Crippen molar-refractivity contribution in [3.8, 4) is 0 Å². The molecule has 1 fully saturated rings. The number of benzene rings is 1. The number of aromatic nitrogens is 1. The Bertz CT molecular complexity index is 857. The molecule has 154 valence electrons. The molecule has 3 amide bonds. The summed E-state index contributed by atoms with van der Waals surface area (Å²) in [5.41, 5.74) is 1.92. The quantitative estimate of drug-likeness (QED) is 0.756. The van der Waals surface area contributed by atoms with E-state index in [2.05, 4.69) is 20.5 Å². The Kier molecular flexibility index (Phi) is 7.17. The van der Waals surface area contributed by atoms with Gasteiger partial charge in [0.2, 0.25) is 5.91 Å². The fourth-order valence-electron chi connectivity index (χ4n) is 3.03. The van der Waals surface area contributed by atoms with Crippen LogP contribution in [0.3, 0.4) is 0 Å². The monoisotopic (exact) mass is 435 g/mol. The lowest BCUT2D eigenvalue weighted by molar-refractivity contribution is -0.122. The van der Waals surface area contributed by atoms with Crippen molar-refractivity contribution in [1.29, 1.82) is 0 Å². The number of carbonyl (C=O) groups is 2. The summed E-state index contributed by atoms with van der Waals surface area (Å²) in [5.74, 6) is -0.232. The fraction of sp³-hybridized carbons (Fsp3) is 0.350. The smallest absolute Gasteiger partial charge is 0.318 e. The molecule has 1 saturated heterocycles. The molecular weight excluding hydrogens is 413 g/mol. The second-order valence-electron chi connectivity index (χ2n) is 6.82. The SMILES string of the molecule is C[C@@H](NC(=O)N1CCN(c2ccc(Cl)c(Cl)c2)CC1)C(=O)NCc1ccncc1. The maximum absolute atomic E-state index is 12.5. The minimum absolute atomic E-state index is 0.232. The molecule has 0 aliphatic carbocycles. The number of halogens is 2. The number of amides is 3. The number of nitrogens with zero attached hydrogens (tertiary/aromatic N) is 3. The third-order valence-electron chi connectivity index (χ3n) is 4.78. The van der Waals surface area contributed by atoms with E-state index in [0.29, 0.717) is 42.8 Å². The summed E-state index contributed by atoms with van der Waals surface area (Å²) in [5, 5.41) is 6.60. The summed E-state index contributed by atoms with van der Waals surface area (Å²) in [7, 11) is 0. The van der Waals surface area contributed by atoms with Crippen LogP contribution in [-0.4, -0.2) is 54.0 Å². The molecule has 2 aromatic rings. The Hall–Kier alpha value is -2.51. The second-order valence-corrected chi connectivity index (χ2v) is 7.63. The van der Waals surface area contributed by atoms with Gasteiger partial charge < -0.3 is 20.4 Å². The van der Waals surface area contributed by atoms with Crippen LogP contribution in [-0.2, 0) is 11.3 Å². The highest BCUT2D eigenvalue weighted by Crippen LogP contribution is 2.27. The summed E-state index contributed by atoms with van der Waals surface area (Å²) in [6.45, 7) is 4.52. The van der Waals surface area contributed by atoms with E-state index < -0.39 is 6.04 Å². The highest BCUT2D eigenvalue weighted by molar-refractivity contribution is 6.42. The number of carbonyl (C=O) groups excluding carboxylic acids is 2. The van der Waals surface area contributed by atoms with Gasteiger partial charge in [0.15, 0.2) is 0 Å². The van der Waals surface area contributed by atoms with Crippen LogP contribution in [0.25, 0.3) is 0 Å². The van der Waals surface area contributed by atoms with Crippen molar-refractivity contribution in [2.24, 2.45) is 0 Å². The zero-order valence-corrected chi connectivity index (χ0v) is 17.6. The zero-order chi connectivity index (χ0) is 20.8. The summed E-state index contributed by atoms with van der Waals surface area (Å²) >= 11 is 12.1. The van der Waals surface area contributed by atoms with Crippen molar-refractivity contribution < 1.29 is 9.59 Å². The number of urea groups is 1. The van der Waals surface area contributed by atoms with Crippen molar-refractivity contribution in [3.05, 3.63) is 58.3 Å². The molecule has 0 unspecified atom stereocenters. The van der Waals surface area contributed by atoms with Crippen LogP contribution in [0.4, 0.5) is 10.5 Å². The van der Waals surface area contributed by atoms with Crippen LogP contribution < -0.4 is 15.5 Å². The van der Waals surface area contributed by atoms with E-state index in [1.54, 1.807) is 30.3 Å². The van der Waals surface area contributed by atoms with E-state index in [0.717, 1.165) is 11.3 Å². The number of hydrogen-bond acceptors (Lipinski definition) is 4. The number of anilines is 1. The van der Waals surface area contributed by atoms with E-state index in [4.69, 9.17) is 23.2 Å². The molecule has 1 aliphatic rings. The molecule has 1 aromatic carbocycles. The lowest BCUT2D eigenvalue weighted by Crippen LogP contribution is -2.55. The molecule has 9 heteroatoms. The van der Waals surface area contributed by atoms with Crippen LogP contribution in [0.5, 0.6) is 0 Å². The van der Waals surface area contributed by atoms with Gasteiger partial charge in [-0.3, -0.25) is 9.78 Å². The van der Waals surface area contributed by atoms with Crippen LogP contribution >= 0.6 is 23.2 Å². The van der Waals surface area contributed by atoms with Crippen molar-refractivity contribution in [1.82, 2.24) is 20.5 Å². The number of rotatable bonds is 5. The van der Waals surface area contributed by atoms with Gasteiger partial charge in [-0.25, -0.2) is 4.79 Å². The number of piperazine rings is 1. The number of hydrogen-bond donors (Lipinski definition) is 2.